The van der Waals surface area contributed by atoms with Gasteiger partial charge in [-0.15, -0.1) is 0 Å². The molecule has 0 unspecified atom stereocenters. The first-order valence-corrected chi connectivity index (χ1v) is 9.42. The molecule has 2 aromatic heterocycles. The molecular weight excluding hydrogens is 366 g/mol. The van der Waals surface area contributed by atoms with Gasteiger partial charge in [0.25, 0.3) is 0 Å². The number of hydrogen-bond donors (Lipinski definition) is 3. The van der Waals surface area contributed by atoms with Crippen LogP contribution in [-0.2, 0) is 7.05 Å². The van der Waals surface area contributed by atoms with E-state index >= 15 is 0 Å². The van der Waals surface area contributed by atoms with Crippen molar-refractivity contribution in [1.29, 1.82) is 0 Å². The van der Waals surface area contributed by atoms with Gasteiger partial charge in [0.15, 0.2) is 5.82 Å². The summed E-state index contributed by atoms with van der Waals surface area (Å²) in [4.78, 5) is 9.18. The Bertz CT molecular complexity index is 1040. The van der Waals surface area contributed by atoms with Crippen LogP contribution in [0.25, 0.3) is 0 Å². The van der Waals surface area contributed by atoms with Crippen LogP contribution in [-0.4, -0.2) is 34.3 Å². The van der Waals surface area contributed by atoms with E-state index in [2.05, 4.69) is 20.7 Å². The fraction of sp³-hybridized carbons (Fsp3) is 0.286. The van der Waals surface area contributed by atoms with Crippen molar-refractivity contribution in [3.8, 4) is 5.75 Å². The number of anilines is 3. The number of nitrogens with zero attached hydrogens (tertiary/aromatic N) is 4. The number of nitrogens with one attached hydrogen (secondary N) is 2. The Morgan fingerprint density at radius 1 is 1.24 bits per heavy atom. The summed E-state index contributed by atoms with van der Waals surface area (Å²) in [6, 6.07) is 7.69. The average Bonchev–Trinajstić information content (AvgIpc) is 3.10. The fourth-order valence-corrected chi connectivity index (χ4v) is 3.07. The van der Waals surface area contributed by atoms with Gasteiger partial charge in [-0.2, -0.15) is 5.10 Å². The second-order valence-electron chi connectivity index (χ2n) is 6.70. The van der Waals surface area contributed by atoms with E-state index in [0.29, 0.717) is 11.7 Å². The molecular formula is C21H27N7O. The first-order valence-electron chi connectivity index (χ1n) is 9.42. The van der Waals surface area contributed by atoms with Gasteiger partial charge >= 0.3 is 0 Å². The summed E-state index contributed by atoms with van der Waals surface area (Å²) in [6.45, 7) is 6.74. The largest absolute Gasteiger partial charge is 0.496 e. The second kappa shape index (κ2) is 8.64. The van der Waals surface area contributed by atoms with Gasteiger partial charge in [-0.25, -0.2) is 9.98 Å². The summed E-state index contributed by atoms with van der Waals surface area (Å²) in [5.41, 5.74) is 10.7. The predicted octanol–water partition coefficient (Wildman–Crippen LogP) is 3.65. The number of methoxy groups -OCH3 is 1. The van der Waals surface area contributed by atoms with Gasteiger partial charge in [-0.1, -0.05) is 6.07 Å². The highest BCUT2D eigenvalue weighted by molar-refractivity contribution is 6.04. The molecule has 8 nitrogen and oxygen atoms in total. The molecule has 0 atom stereocenters. The van der Waals surface area contributed by atoms with Crippen LogP contribution in [0.1, 0.15) is 23.6 Å². The lowest BCUT2D eigenvalue weighted by atomic mass is 10.1. The third kappa shape index (κ3) is 4.48. The Kier molecular flexibility index (Phi) is 6.01. The lowest BCUT2D eigenvalue weighted by Gasteiger charge is -2.14. The zero-order valence-corrected chi connectivity index (χ0v) is 17.4. The van der Waals surface area contributed by atoms with Crippen LogP contribution < -0.4 is 21.1 Å². The smallest absolute Gasteiger partial charge is 0.153 e. The van der Waals surface area contributed by atoms with Crippen LogP contribution in [0.15, 0.2) is 41.7 Å². The third-order valence-corrected chi connectivity index (χ3v) is 4.55. The van der Waals surface area contributed by atoms with Crippen LogP contribution in [0, 0.1) is 13.8 Å². The number of hydrogen-bond acceptors (Lipinski definition) is 6. The molecule has 1 aromatic carbocycles. The lowest BCUT2D eigenvalue weighted by molar-refractivity contribution is 0.412. The number of benzene rings is 1. The van der Waals surface area contributed by atoms with Crippen molar-refractivity contribution >= 4 is 28.8 Å². The second-order valence-corrected chi connectivity index (χ2v) is 6.70. The van der Waals surface area contributed by atoms with Crippen molar-refractivity contribution in [1.82, 2.24) is 14.8 Å². The zero-order chi connectivity index (χ0) is 21.0. The minimum Gasteiger partial charge on any atom is -0.496 e. The van der Waals surface area contributed by atoms with Gasteiger partial charge in [-0.05, 0) is 32.4 Å². The Labute approximate surface area is 170 Å². The van der Waals surface area contributed by atoms with E-state index in [-0.39, 0.29) is 0 Å². The van der Waals surface area contributed by atoms with Gasteiger partial charge in [0, 0.05) is 43.7 Å². The molecule has 0 aliphatic rings. The van der Waals surface area contributed by atoms with Gasteiger partial charge in [0.2, 0.25) is 0 Å². The Morgan fingerprint density at radius 2 is 2.03 bits per heavy atom. The number of rotatable bonds is 7. The first kappa shape index (κ1) is 20.2. The van der Waals surface area contributed by atoms with E-state index < -0.39 is 0 Å². The van der Waals surface area contributed by atoms with Crippen molar-refractivity contribution in [2.75, 3.05) is 24.3 Å². The Balaban J connectivity index is 1.98. The normalized spacial score (nSPS) is 11.4. The van der Waals surface area contributed by atoms with E-state index in [0.717, 1.165) is 46.2 Å². The molecule has 0 saturated carbocycles. The maximum atomic E-state index is 6.39. The van der Waals surface area contributed by atoms with E-state index in [4.69, 9.17) is 15.5 Å². The number of aliphatic imine (C=N–C) groups is 1. The summed E-state index contributed by atoms with van der Waals surface area (Å²) in [5.74, 6) is 2.56. The topological polar surface area (TPSA) is 102 Å². The van der Waals surface area contributed by atoms with Crippen LogP contribution in [0.3, 0.4) is 0 Å². The van der Waals surface area contributed by atoms with E-state index in [1.54, 1.807) is 18.0 Å². The molecule has 0 fully saturated rings. The minimum absolute atomic E-state index is 0.386. The maximum Gasteiger partial charge on any atom is 0.153 e. The van der Waals surface area contributed by atoms with Crippen molar-refractivity contribution in [3.63, 3.8) is 0 Å². The van der Waals surface area contributed by atoms with Gasteiger partial charge in [-0.3, -0.25) is 4.68 Å². The highest BCUT2D eigenvalue weighted by atomic mass is 16.5. The lowest BCUT2D eigenvalue weighted by Crippen LogP contribution is -2.17. The SMILES string of the molecule is CCNc1cc(Nc2ccn(C)n2)ncc1C(N)=Nc1c(C)ccc(OC)c1C. The van der Waals surface area contributed by atoms with Crippen molar-refractivity contribution in [3.05, 3.63) is 53.3 Å². The quantitative estimate of drug-likeness (QED) is 0.418. The standard InChI is InChI=1S/C21H27N7O/c1-6-23-16-11-19(25-18-9-10-28(4)27-18)24-12-15(16)21(22)26-20-13(2)7-8-17(29-5)14(20)3/h7-12H,6H2,1-5H3,(H2,22,26)(H2,23,24,25,27). The summed E-state index contributed by atoms with van der Waals surface area (Å²) in [5, 5.41) is 10.8. The van der Waals surface area contributed by atoms with Crippen molar-refractivity contribution < 1.29 is 4.74 Å². The third-order valence-electron chi connectivity index (χ3n) is 4.55. The predicted molar refractivity (Wildman–Crippen MR) is 118 cm³/mol. The number of aryl methyl sites for hydroxylation is 2. The number of amidine groups is 1. The summed E-state index contributed by atoms with van der Waals surface area (Å²) in [6.07, 6.45) is 3.58. The fourth-order valence-electron chi connectivity index (χ4n) is 3.07. The summed E-state index contributed by atoms with van der Waals surface area (Å²) >= 11 is 0. The van der Waals surface area contributed by atoms with Crippen molar-refractivity contribution in [2.45, 2.75) is 20.8 Å². The van der Waals surface area contributed by atoms with Gasteiger partial charge in [0.1, 0.15) is 17.4 Å². The highest BCUT2D eigenvalue weighted by Crippen LogP contribution is 2.32. The average molecular weight is 393 g/mol. The van der Waals surface area contributed by atoms with Gasteiger partial charge in [0.05, 0.1) is 24.0 Å². The highest BCUT2D eigenvalue weighted by Gasteiger charge is 2.13. The van der Waals surface area contributed by atoms with Crippen LogP contribution in [0.2, 0.25) is 0 Å². The molecule has 8 heteroatoms. The number of nitrogens with two attached hydrogens (primary N) is 1. The monoisotopic (exact) mass is 393 g/mol. The molecule has 0 amide bonds. The molecule has 4 N–H and O–H groups in total. The van der Waals surface area contributed by atoms with Crippen LogP contribution in [0.4, 0.5) is 23.0 Å². The molecule has 3 rings (SSSR count). The molecule has 0 saturated heterocycles. The van der Waals surface area contributed by atoms with Gasteiger partial charge < -0.3 is 21.1 Å². The molecule has 2 heterocycles. The van der Waals surface area contributed by atoms with E-state index in [9.17, 15) is 0 Å². The summed E-state index contributed by atoms with van der Waals surface area (Å²) in [7, 11) is 3.51. The zero-order valence-electron chi connectivity index (χ0n) is 17.4. The first-order chi connectivity index (χ1) is 13.9. The molecule has 3 aromatic rings. The Morgan fingerprint density at radius 3 is 2.69 bits per heavy atom. The number of pyridine rings is 1. The molecule has 29 heavy (non-hydrogen) atoms. The number of aromatic nitrogens is 3. The Hall–Kier alpha value is -3.55. The minimum atomic E-state index is 0.386. The maximum absolute atomic E-state index is 6.39. The molecule has 0 aliphatic carbocycles. The van der Waals surface area contributed by atoms with Crippen LogP contribution >= 0.6 is 0 Å². The molecule has 0 aliphatic heterocycles. The van der Waals surface area contributed by atoms with Crippen LogP contribution in [0.5, 0.6) is 5.75 Å². The molecule has 0 radical (unpaired) electrons. The molecule has 0 spiro atoms. The van der Waals surface area contributed by atoms with E-state index in [1.165, 1.54) is 0 Å². The molecule has 0 bridgehead atoms. The molecule has 152 valence electrons. The van der Waals surface area contributed by atoms with E-state index in [1.807, 2.05) is 58.3 Å². The summed E-state index contributed by atoms with van der Waals surface area (Å²) < 4.78 is 7.14. The van der Waals surface area contributed by atoms with Crippen molar-refractivity contribution in [2.24, 2.45) is 17.8 Å². The number of ether oxygens (including phenoxy) is 1.